The van der Waals surface area contributed by atoms with E-state index >= 15 is 0 Å². The fraction of sp³-hybridized carbons (Fsp3) is 0.125. The minimum absolute atomic E-state index is 0.0387. The van der Waals surface area contributed by atoms with Crippen LogP contribution in [0.15, 0.2) is 23.4 Å². The van der Waals surface area contributed by atoms with Crippen molar-refractivity contribution in [2.45, 2.75) is 0 Å². The smallest absolute Gasteiger partial charge is 0.150 e. The summed E-state index contributed by atoms with van der Waals surface area (Å²) in [5.74, 6) is 0.281. The maximum absolute atomic E-state index is 10.3. The van der Waals surface area contributed by atoms with Gasteiger partial charge in [0.1, 0.15) is 13.0 Å². The zero-order valence-electron chi connectivity index (χ0n) is 6.77. The Labute approximate surface area is 74.5 Å². The molecule has 1 aromatic carbocycles. The lowest BCUT2D eigenvalue weighted by Gasteiger charge is -2.03. The summed E-state index contributed by atoms with van der Waals surface area (Å²) in [5.41, 5.74) is 5.57. The van der Waals surface area contributed by atoms with Crippen molar-refractivity contribution < 1.29 is 9.53 Å². The van der Waals surface area contributed by atoms with Gasteiger partial charge in [-0.2, -0.15) is 0 Å². The number of rotatable bonds is 4. The van der Waals surface area contributed by atoms with Gasteiger partial charge in [0.25, 0.3) is 0 Å². The first-order valence-corrected chi connectivity index (χ1v) is 3.57. The molecule has 0 atom stereocenters. The molecule has 13 heavy (non-hydrogen) atoms. The Morgan fingerprint density at radius 1 is 1.54 bits per heavy atom. The molecule has 0 heterocycles. The number of carbonyl (C=O) groups is 1. The van der Waals surface area contributed by atoms with E-state index in [2.05, 4.69) is 5.18 Å². The van der Waals surface area contributed by atoms with Crippen molar-refractivity contribution in [3.05, 3.63) is 28.7 Å². The van der Waals surface area contributed by atoms with Crippen LogP contribution in [0.1, 0.15) is 10.4 Å². The Balaban J connectivity index is 3.07. The van der Waals surface area contributed by atoms with Crippen LogP contribution in [0.25, 0.3) is 0 Å². The predicted octanol–water partition coefficient (Wildman–Crippen LogP) is 1.19. The van der Waals surface area contributed by atoms with Crippen LogP contribution in [0, 0.1) is 4.91 Å². The summed E-state index contributed by atoms with van der Waals surface area (Å²) in [6.45, 7) is -0.0387. The molecule has 0 amide bonds. The third kappa shape index (κ3) is 2.09. The molecule has 68 valence electrons. The molecule has 0 fully saturated rings. The molecule has 0 radical (unpaired) electrons. The molecule has 0 saturated carbocycles. The summed E-state index contributed by atoms with van der Waals surface area (Å²) in [7, 11) is 0. The summed E-state index contributed by atoms with van der Waals surface area (Å²) < 4.78 is 4.90. The van der Waals surface area contributed by atoms with Crippen molar-refractivity contribution >= 4 is 12.0 Å². The number of nitroso groups, excluding NO2 is 1. The first-order chi connectivity index (χ1) is 6.31. The summed E-state index contributed by atoms with van der Waals surface area (Å²) >= 11 is 0. The Kier molecular flexibility index (Phi) is 3.10. The molecule has 0 aliphatic rings. The van der Waals surface area contributed by atoms with Crippen LogP contribution in [0.3, 0.4) is 0 Å². The van der Waals surface area contributed by atoms with E-state index in [9.17, 15) is 9.70 Å². The van der Waals surface area contributed by atoms with E-state index in [4.69, 9.17) is 10.5 Å². The molecule has 0 unspecified atom stereocenters. The molecule has 5 heteroatoms. The van der Waals surface area contributed by atoms with Gasteiger partial charge < -0.3 is 4.74 Å². The fourth-order valence-corrected chi connectivity index (χ4v) is 0.891. The third-order valence-electron chi connectivity index (χ3n) is 1.46. The average molecular weight is 180 g/mol. The van der Waals surface area contributed by atoms with Crippen molar-refractivity contribution in [3.8, 4) is 5.75 Å². The van der Waals surface area contributed by atoms with Gasteiger partial charge in [0.05, 0.1) is 0 Å². The van der Waals surface area contributed by atoms with E-state index in [0.29, 0.717) is 11.8 Å². The minimum atomic E-state index is -0.0387. The Hall–Kier alpha value is -1.75. The van der Waals surface area contributed by atoms with Gasteiger partial charge in [-0.25, -0.2) is 0 Å². The van der Waals surface area contributed by atoms with Gasteiger partial charge >= 0.3 is 0 Å². The number of hydrogen-bond acceptors (Lipinski definition) is 5. The minimum Gasteiger partial charge on any atom is -0.476 e. The summed E-state index contributed by atoms with van der Waals surface area (Å²) in [5, 5.41) is 2.71. The summed E-state index contributed by atoms with van der Waals surface area (Å²) in [6.07, 6.45) is 0.626. The van der Waals surface area contributed by atoms with Gasteiger partial charge in [-0.1, -0.05) is 0 Å². The van der Waals surface area contributed by atoms with Crippen molar-refractivity contribution in [2.24, 2.45) is 10.9 Å². The highest BCUT2D eigenvalue weighted by Crippen LogP contribution is 2.27. The second-order valence-electron chi connectivity index (χ2n) is 2.25. The van der Waals surface area contributed by atoms with Crippen LogP contribution in [0.4, 0.5) is 5.69 Å². The molecule has 0 aliphatic carbocycles. The molecular formula is C8H8N2O3. The first-order valence-electron chi connectivity index (χ1n) is 3.57. The Morgan fingerprint density at radius 2 is 2.31 bits per heavy atom. The monoisotopic (exact) mass is 180 g/mol. The van der Waals surface area contributed by atoms with Gasteiger partial charge in [-0.05, 0) is 23.4 Å². The van der Waals surface area contributed by atoms with Crippen molar-refractivity contribution in [3.63, 3.8) is 0 Å². The zero-order chi connectivity index (χ0) is 9.68. The van der Waals surface area contributed by atoms with E-state index in [0.717, 1.165) is 0 Å². The van der Waals surface area contributed by atoms with E-state index in [1.54, 1.807) is 0 Å². The molecule has 5 nitrogen and oxygen atoms in total. The Morgan fingerprint density at radius 3 is 2.85 bits per heavy atom. The van der Waals surface area contributed by atoms with Crippen LogP contribution >= 0.6 is 0 Å². The molecule has 0 bridgehead atoms. The van der Waals surface area contributed by atoms with E-state index in [1.807, 2.05) is 0 Å². The van der Waals surface area contributed by atoms with E-state index < -0.39 is 0 Å². The largest absolute Gasteiger partial charge is 0.476 e. The molecule has 2 N–H and O–H groups in total. The van der Waals surface area contributed by atoms with E-state index in [1.165, 1.54) is 18.2 Å². The maximum atomic E-state index is 10.3. The topological polar surface area (TPSA) is 81.8 Å². The highest BCUT2D eigenvalue weighted by atomic mass is 16.5. The Bertz CT molecular complexity index is 325. The number of nitrogens with zero attached hydrogens (tertiary/aromatic N) is 1. The summed E-state index contributed by atoms with van der Waals surface area (Å²) in [6, 6.07) is 4.34. The fourth-order valence-electron chi connectivity index (χ4n) is 0.891. The molecule has 0 saturated heterocycles. The quantitative estimate of drug-likeness (QED) is 0.428. The molecular weight excluding hydrogens is 172 g/mol. The highest BCUT2D eigenvalue weighted by molar-refractivity contribution is 5.77. The van der Waals surface area contributed by atoms with Crippen molar-refractivity contribution in [1.82, 2.24) is 0 Å². The second-order valence-corrected chi connectivity index (χ2v) is 2.25. The number of nitrogens with two attached hydrogens (primary N) is 1. The number of hydrogen-bond donors (Lipinski definition) is 1. The van der Waals surface area contributed by atoms with Gasteiger partial charge in [0.2, 0.25) is 0 Å². The highest BCUT2D eigenvalue weighted by Gasteiger charge is 2.04. The average Bonchev–Trinajstić information content (AvgIpc) is 2.19. The maximum Gasteiger partial charge on any atom is 0.150 e. The van der Waals surface area contributed by atoms with Gasteiger partial charge in [0.15, 0.2) is 11.4 Å². The number of carbonyl (C=O) groups excluding carboxylic acids is 1. The summed E-state index contributed by atoms with van der Waals surface area (Å²) in [4.78, 5) is 20.6. The van der Waals surface area contributed by atoms with Crippen LogP contribution in [-0.4, -0.2) is 13.0 Å². The van der Waals surface area contributed by atoms with Crippen LogP contribution in [0.5, 0.6) is 5.75 Å². The van der Waals surface area contributed by atoms with Gasteiger partial charge in [0, 0.05) is 5.56 Å². The number of benzene rings is 1. The lowest BCUT2D eigenvalue weighted by atomic mass is 10.2. The lowest BCUT2D eigenvalue weighted by molar-refractivity contribution is 0.112. The van der Waals surface area contributed by atoms with Gasteiger partial charge in [-0.3, -0.25) is 10.5 Å². The number of ether oxygens (including phenoxy) is 1. The molecule has 0 aliphatic heterocycles. The van der Waals surface area contributed by atoms with Crippen molar-refractivity contribution in [1.29, 1.82) is 0 Å². The molecule has 1 aromatic rings. The predicted molar refractivity (Wildman–Crippen MR) is 47.0 cm³/mol. The van der Waals surface area contributed by atoms with Crippen LogP contribution in [-0.2, 0) is 0 Å². The standard InChI is InChI=1S/C8H8N2O3/c9-5-13-8-2-1-6(4-11)3-7(8)10-12/h1-4H,5,9H2. The zero-order valence-corrected chi connectivity index (χ0v) is 6.77. The second kappa shape index (κ2) is 4.32. The molecule has 0 aromatic heterocycles. The van der Waals surface area contributed by atoms with Crippen molar-refractivity contribution in [2.75, 3.05) is 6.73 Å². The lowest BCUT2D eigenvalue weighted by Crippen LogP contribution is -2.07. The van der Waals surface area contributed by atoms with Crippen LogP contribution in [0.2, 0.25) is 0 Å². The van der Waals surface area contributed by atoms with Crippen LogP contribution < -0.4 is 10.5 Å². The SMILES string of the molecule is NCOc1ccc(C=O)cc1N=O. The molecule has 0 spiro atoms. The molecule has 1 rings (SSSR count). The van der Waals surface area contributed by atoms with Gasteiger partial charge in [-0.15, -0.1) is 4.91 Å². The normalized spacial score (nSPS) is 9.31. The first kappa shape index (κ1) is 9.34. The van der Waals surface area contributed by atoms with E-state index in [-0.39, 0.29) is 18.2 Å². The number of aldehydes is 1. The third-order valence-corrected chi connectivity index (χ3v) is 1.46.